The van der Waals surface area contributed by atoms with E-state index < -0.39 is 15.8 Å². The maximum atomic E-state index is 4.95. The van der Waals surface area contributed by atoms with Crippen LogP contribution in [0.3, 0.4) is 0 Å². The van der Waals surface area contributed by atoms with Crippen molar-refractivity contribution in [3.8, 4) is 0 Å². The van der Waals surface area contributed by atoms with E-state index in [2.05, 4.69) is 200 Å². The second-order valence-corrected chi connectivity index (χ2v) is 20.9. The van der Waals surface area contributed by atoms with Crippen molar-refractivity contribution in [2.45, 2.75) is 119 Å². The van der Waals surface area contributed by atoms with Crippen molar-refractivity contribution in [3.63, 3.8) is 0 Å². The predicted octanol–water partition coefficient (Wildman–Crippen LogP) is 12.9. The third kappa shape index (κ3) is 21.6. The van der Waals surface area contributed by atoms with Crippen LogP contribution in [0.1, 0.15) is 101 Å². The quantitative estimate of drug-likeness (QED) is 0.0283. The van der Waals surface area contributed by atoms with Gasteiger partial charge in [-0.25, -0.2) is 9.97 Å². The number of benzene rings is 4. The van der Waals surface area contributed by atoms with Gasteiger partial charge in [0, 0.05) is 46.1 Å². The molecule has 3 aromatic heterocycles. The van der Waals surface area contributed by atoms with E-state index in [0.29, 0.717) is 0 Å². The van der Waals surface area contributed by atoms with Crippen LogP contribution in [-0.2, 0) is 53.8 Å². The summed E-state index contributed by atoms with van der Waals surface area (Å²) in [6.07, 6.45) is 17.8. The van der Waals surface area contributed by atoms with Gasteiger partial charge in [-0.3, -0.25) is 4.98 Å². The number of halogens is 2. The Morgan fingerprint density at radius 2 is 0.851 bits per heavy atom. The third-order valence-corrected chi connectivity index (χ3v) is 15.4. The molecule has 0 saturated heterocycles. The molecule has 0 aliphatic heterocycles. The van der Waals surface area contributed by atoms with Gasteiger partial charge in [-0.1, -0.05) is 156 Å². The summed E-state index contributed by atoms with van der Waals surface area (Å²) in [4.78, 5) is 14.1. The Morgan fingerprint density at radius 3 is 1.25 bits per heavy atom. The number of nitrogens with zero attached hydrogens (tertiary/aromatic N) is 6. The van der Waals surface area contributed by atoms with E-state index in [1.165, 1.54) is 90.1 Å². The number of imidazole rings is 3. The first-order chi connectivity index (χ1) is 30.7. The topological polar surface area (TPSA) is 53.5 Å². The fourth-order valence-corrected chi connectivity index (χ4v) is 12.4. The molecule has 0 bridgehead atoms. The Labute approximate surface area is 440 Å². The number of aromatic nitrogens is 6. The molecule has 6 nitrogen and oxygen atoms in total. The Bertz CT molecular complexity index is 2040. The summed E-state index contributed by atoms with van der Waals surface area (Å²) >= 11 is 9.53. The van der Waals surface area contributed by atoms with E-state index in [1.54, 1.807) is 0 Å². The Morgan fingerprint density at radius 1 is 0.507 bits per heavy atom. The van der Waals surface area contributed by atoms with Gasteiger partial charge < -0.3 is 35.5 Å². The zero-order chi connectivity index (χ0) is 45.2. The minimum absolute atomic E-state index is 0. The second-order valence-electron chi connectivity index (χ2n) is 15.6. The Balaban J connectivity index is 0.000000963. The standard InChI is InChI=1S/2C21H25N2P.C10H17N2.CH2Cl2.2CH3.2Cu/c2*1-3-4-11-16-23-17-18(2)22-21(23)24(19-12-7-5-8-13-19)20-14-9-6-10-15-20;1-4-5-6-7-12-8-9(2)11-10(12)3;2-1-3;;;;/h2*5-10,12-15,17H,3-4,11,16H2,1-2H3;8H,3-7H2,1-2H3;1H2;2*1H3;;/q;;-1;;2*-1;+1;+2/p+1. The Hall–Kier alpha value is -3.14. The average molecular weight is 1080 g/mol. The number of unbranched alkanes of at least 4 members (excludes halogenated alkanes) is 6. The van der Waals surface area contributed by atoms with Crippen molar-refractivity contribution in [2.75, 3.05) is 5.34 Å². The molecule has 0 saturated carbocycles. The van der Waals surface area contributed by atoms with Gasteiger partial charge in [-0.15, -0.1) is 23.2 Å². The van der Waals surface area contributed by atoms with Crippen LogP contribution in [0, 0.1) is 42.5 Å². The summed E-state index contributed by atoms with van der Waals surface area (Å²) in [5.41, 5.74) is 5.77. The number of hydrogen-bond acceptors (Lipinski definition) is 3. The van der Waals surface area contributed by atoms with Crippen LogP contribution >= 0.6 is 39.0 Å². The van der Waals surface area contributed by atoms with Crippen LogP contribution in [0.2, 0.25) is 0 Å². The number of hydrogen-bond donors (Lipinski definition) is 0. The van der Waals surface area contributed by atoms with Gasteiger partial charge in [0.15, 0.2) is 0 Å². The second kappa shape index (κ2) is 36.8. The summed E-state index contributed by atoms with van der Waals surface area (Å²) in [5.74, 6) is 0.892. The van der Waals surface area contributed by atoms with Gasteiger partial charge >= 0.3 is 34.1 Å². The molecule has 0 spiro atoms. The van der Waals surface area contributed by atoms with Gasteiger partial charge in [0.1, 0.15) is 24.1 Å². The molecule has 7 aromatic rings. The summed E-state index contributed by atoms with van der Waals surface area (Å²) in [5, 5.41) is 5.72. The molecule has 4 aromatic carbocycles. The zero-order valence-electron chi connectivity index (χ0n) is 41.2. The molecule has 1 radical (unpaired) electrons. The van der Waals surface area contributed by atoms with Crippen molar-refractivity contribution < 1.29 is 34.1 Å². The maximum absolute atomic E-state index is 4.95. The molecule has 0 fully saturated rings. The van der Waals surface area contributed by atoms with Crippen molar-refractivity contribution in [3.05, 3.63) is 185 Å². The number of alkyl halides is 2. The van der Waals surface area contributed by atoms with Crippen LogP contribution in [0.25, 0.3) is 0 Å². The summed E-state index contributed by atoms with van der Waals surface area (Å²) in [7, 11) is -1.69. The molecule has 0 aliphatic carbocycles. The molecular formula is C55H76Cl2Cu2N6P2+. The summed E-state index contributed by atoms with van der Waals surface area (Å²) in [6.45, 7) is 20.0. The van der Waals surface area contributed by atoms with E-state index in [1.807, 2.05) is 6.92 Å². The Kier molecular flexibility index (Phi) is 35.1. The number of aryl methyl sites for hydroxylation is 6. The van der Waals surface area contributed by atoms with E-state index in [0.717, 1.165) is 42.5 Å². The first-order valence-corrected chi connectivity index (χ1v) is 26.6. The summed E-state index contributed by atoms with van der Waals surface area (Å²) in [6, 6.07) is 43.4. The molecule has 0 atom stereocenters. The smallest absolute Gasteiger partial charge is 0.361 e. The van der Waals surface area contributed by atoms with E-state index in [4.69, 9.17) is 33.2 Å². The molecule has 0 unspecified atom stereocenters. The van der Waals surface area contributed by atoms with Crippen LogP contribution in [0.15, 0.2) is 140 Å². The van der Waals surface area contributed by atoms with Crippen molar-refractivity contribution >= 4 is 71.4 Å². The van der Waals surface area contributed by atoms with Gasteiger partial charge in [-0.2, -0.15) is 0 Å². The SMILES string of the molecule is CCCCCn1cc(C)nc1P(c1ccccc1)c1ccccc1.CCCCCn1cc(C)nc1[PH+](c1ccccc1)c1ccccc1.ClCCl.[CH2-]c1nc(C)cn1CCCCC.[CH3-].[CH3-].[Cu+2].[Cu+]. The number of rotatable bonds is 18. The molecular weight excluding hydrogens is 1000 g/mol. The van der Waals surface area contributed by atoms with Crippen LogP contribution in [0.4, 0.5) is 0 Å². The van der Waals surface area contributed by atoms with Crippen molar-refractivity contribution in [2.24, 2.45) is 0 Å². The third-order valence-electron chi connectivity index (χ3n) is 10.3. The minimum Gasteiger partial charge on any atom is -0.361 e. The van der Waals surface area contributed by atoms with Crippen LogP contribution < -0.4 is 32.3 Å². The van der Waals surface area contributed by atoms with Crippen LogP contribution in [-0.4, -0.2) is 34.0 Å². The molecule has 0 amide bonds. The van der Waals surface area contributed by atoms with E-state index >= 15 is 0 Å². The predicted molar refractivity (Wildman–Crippen MR) is 292 cm³/mol. The average Bonchev–Trinajstić information content (AvgIpc) is 3.96. The first-order valence-electron chi connectivity index (χ1n) is 22.7. The molecule has 67 heavy (non-hydrogen) atoms. The largest absolute Gasteiger partial charge is 2.00 e. The molecule has 0 N–H and O–H groups in total. The van der Waals surface area contributed by atoms with Gasteiger partial charge in [0.2, 0.25) is 0 Å². The fourth-order valence-electron chi connectivity index (χ4n) is 7.35. The van der Waals surface area contributed by atoms with Gasteiger partial charge in [0.25, 0.3) is 5.57 Å². The fraction of sp³-hybridized carbons (Fsp3) is 0.345. The first kappa shape index (κ1) is 63.9. The summed E-state index contributed by atoms with van der Waals surface area (Å²) < 4.78 is 6.92. The normalized spacial score (nSPS) is 10.1. The van der Waals surface area contributed by atoms with Crippen LogP contribution in [0.5, 0.6) is 0 Å². The van der Waals surface area contributed by atoms with E-state index in [-0.39, 0.29) is 54.3 Å². The zero-order valence-corrected chi connectivity index (χ0v) is 46.5. The van der Waals surface area contributed by atoms with Gasteiger partial charge in [-0.05, 0) is 80.7 Å². The molecule has 0 aliphatic rings. The van der Waals surface area contributed by atoms with Crippen molar-refractivity contribution in [1.82, 2.24) is 28.7 Å². The molecule has 371 valence electrons. The van der Waals surface area contributed by atoms with Crippen molar-refractivity contribution in [1.29, 1.82) is 0 Å². The molecule has 12 heteroatoms. The monoisotopic (exact) mass is 1080 g/mol. The van der Waals surface area contributed by atoms with E-state index in [9.17, 15) is 0 Å². The molecule has 7 rings (SSSR count). The maximum Gasteiger partial charge on any atom is 2.00 e. The molecule has 3 heterocycles. The minimum atomic E-state index is -1.07. The van der Waals surface area contributed by atoms with Gasteiger partial charge in [0.05, 0.1) is 22.4 Å².